The molecule has 33 heavy (non-hydrogen) atoms. The van der Waals surface area contributed by atoms with E-state index in [1.807, 2.05) is 32.0 Å². The van der Waals surface area contributed by atoms with Gasteiger partial charge in [-0.3, -0.25) is 0 Å². The Morgan fingerprint density at radius 3 is 2.79 bits per heavy atom. The molecule has 2 amide bonds. The minimum atomic E-state index is -4.22. The molecule has 1 saturated heterocycles. The van der Waals surface area contributed by atoms with E-state index in [4.69, 9.17) is 10.5 Å². The van der Waals surface area contributed by atoms with Crippen LogP contribution in [0.5, 0.6) is 0 Å². The number of nitrogens with two attached hydrogens (primary N) is 1. The van der Waals surface area contributed by atoms with Crippen LogP contribution in [0.2, 0.25) is 0 Å². The van der Waals surface area contributed by atoms with Crippen molar-refractivity contribution in [1.82, 2.24) is 9.88 Å². The van der Waals surface area contributed by atoms with E-state index in [0.717, 1.165) is 16.7 Å². The Labute approximate surface area is 191 Å². The molecule has 7 nitrogen and oxygen atoms in total. The van der Waals surface area contributed by atoms with Crippen molar-refractivity contribution >= 4 is 23.4 Å². The summed E-state index contributed by atoms with van der Waals surface area (Å²) in [5, 5.41) is 6.01. The molecule has 1 aliphatic heterocycles. The molecule has 0 bridgehead atoms. The standard InChI is InChI=1S/C23H30F3N5O2/c1-14-4-5-18(29-22(32)31-7-6-16(13-31)11-23(24,25)26)10-19(14)17-8-20(27)30-21(9-17)28-12-15(2)33-3/h4-5,8-10,15-16H,6-7,11-13H2,1-3H3,(H,29,32)(H3,27,28,30)/t15-,16-/m0/s1. The zero-order valence-corrected chi connectivity index (χ0v) is 19.0. The number of pyridine rings is 1. The van der Waals surface area contributed by atoms with Crippen LogP contribution < -0.4 is 16.4 Å². The van der Waals surface area contributed by atoms with Gasteiger partial charge in [0.25, 0.3) is 0 Å². The second kappa shape index (κ2) is 10.3. The van der Waals surface area contributed by atoms with Gasteiger partial charge in [0.1, 0.15) is 11.6 Å². The summed E-state index contributed by atoms with van der Waals surface area (Å²) in [6, 6.07) is 8.69. The van der Waals surface area contributed by atoms with Crippen LogP contribution in [0, 0.1) is 12.8 Å². The number of alkyl halides is 3. The zero-order chi connectivity index (χ0) is 24.2. The highest BCUT2D eigenvalue weighted by molar-refractivity contribution is 5.90. The van der Waals surface area contributed by atoms with E-state index in [1.165, 1.54) is 4.90 Å². The van der Waals surface area contributed by atoms with Crippen molar-refractivity contribution in [2.45, 2.75) is 39.0 Å². The molecular weight excluding hydrogens is 435 g/mol. The fourth-order valence-electron chi connectivity index (χ4n) is 3.85. The number of halogens is 3. The number of carbonyl (C=O) groups is 1. The molecule has 0 aliphatic carbocycles. The van der Waals surface area contributed by atoms with E-state index in [9.17, 15) is 18.0 Å². The van der Waals surface area contributed by atoms with Crippen LogP contribution in [0.25, 0.3) is 11.1 Å². The highest BCUT2D eigenvalue weighted by Gasteiger charge is 2.36. The highest BCUT2D eigenvalue weighted by Crippen LogP contribution is 2.32. The van der Waals surface area contributed by atoms with Gasteiger partial charge in [0, 0.05) is 38.9 Å². The number of anilines is 3. The number of ether oxygens (including phenoxy) is 1. The summed E-state index contributed by atoms with van der Waals surface area (Å²) in [5.41, 5.74) is 9.22. The number of aryl methyl sites for hydroxylation is 1. The summed E-state index contributed by atoms with van der Waals surface area (Å²) in [6.45, 7) is 4.84. The minimum Gasteiger partial charge on any atom is -0.384 e. The number of rotatable bonds is 7. The average Bonchev–Trinajstić information content (AvgIpc) is 3.19. The Bertz CT molecular complexity index is 983. The van der Waals surface area contributed by atoms with E-state index in [0.29, 0.717) is 36.8 Å². The van der Waals surface area contributed by atoms with Gasteiger partial charge in [-0.05, 0) is 67.1 Å². The number of nitrogen functional groups attached to an aromatic ring is 1. The Morgan fingerprint density at radius 1 is 1.33 bits per heavy atom. The molecule has 0 spiro atoms. The van der Waals surface area contributed by atoms with Crippen molar-refractivity contribution in [3.63, 3.8) is 0 Å². The molecule has 180 valence electrons. The van der Waals surface area contributed by atoms with Crippen LogP contribution in [0.1, 0.15) is 25.3 Å². The van der Waals surface area contributed by atoms with Crippen LogP contribution in [-0.2, 0) is 4.74 Å². The lowest BCUT2D eigenvalue weighted by Crippen LogP contribution is -2.33. The Kier molecular flexibility index (Phi) is 7.68. The lowest BCUT2D eigenvalue weighted by Gasteiger charge is -2.19. The Balaban J connectivity index is 1.72. The topological polar surface area (TPSA) is 92.5 Å². The second-order valence-corrected chi connectivity index (χ2v) is 8.47. The fourth-order valence-corrected chi connectivity index (χ4v) is 3.85. The van der Waals surface area contributed by atoms with E-state index < -0.39 is 24.5 Å². The maximum Gasteiger partial charge on any atom is 0.389 e. The Morgan fingerprint density at radius 2 is 2.09 bits per heavy atom. The molecule has 10 heteroatoms. The highest BCUT2D eigenvalue weighted by atomic mass is 19.4. The van der Waals surface area contributed by atoms with Gasteiger partial charge in [-0.25, -0.2) is 9.78 Å². The summed E-state index contributed by atoms with van der Waals surface area (Å²) in [7, 11) is 1.63. The van der Waals surface area contributed by atoms with Crippen molar-refractivity contribution in [3.8, 4) is 11.1 Å². The largest absolute Gasteiger partial charge is 0.389 e. The number of amides is 2. The van der Waals surface area contributed by atoms with Crippen LogP contribution in [0.15, 0.2) is 30.3 Å². The first-order chi connectivity index (χ1) is 15.5. The maximum absolute atomic E-state index is 12.6. The maximum atomic E-state index is 12.6. The molecule has 2 heterocycles. The van der Waals surface area contributed by atoms with Crippen molar-refractivity contribution in [2.24, 2.45) is 5.92 Å². The number of carbonyl (C=O) groups excluding carboxylic acids is 1. The van der Waals surface area contributed by atoms with Crippen LogP contribution >= 0.6 is 0 Å². The van der Waals surface area contributed by atoms with Gasteiger partial charge >= 0.3 is 12.2 Å². The second-order valence-electron chi connectivity index (χ2n) is 8.47. The summed E-state index contributed by atoms with van der Waals surface area (Å²) in [5.74, 6) is 0.396. The molecule has 1 aromatic heterocycles. The lowest BCUT2D eigenvalue weighted by atomic mass is 10.0. The molecule has 1 aromatic carbocycles. The van der Waals surface area contributed by atoms with E-state index in [2.05, 4.69) is 15.6 Å². The summed E-state index contributed by atoms with van der Waals surface area (Å²) in [6.07, 6.45) is -4.74. The summed E-state index contributed by atoms with van der Waals surface area (Å²) >= 11 is 0. The van der Waals surface area contributed by atoms with E-state index >= 15 is 0 Å². The van der Waals surface area contributed by atoms with Crippen LogP contribution in [0.3, 0.4) is 0 Å². The molecular formula is C23H30F3N5O2. The first-order valence-electron chi connectivity index (χ1n) is 10.8. The number of benzene rings is 1. The SMILES string of the molecule is CO[C@@H](C)CNc1cc(-c2cc(NC(=O)N3CC[C@@H](CC(F)(F)F)C3)ccc2C)cc(N)n1. The first kappa shape index (κ1) is 24.6. The number of urea groups is 1. The molecule has 2 aromatic rings. The lowest BCUT2D eigenvalue weighted by molar-refractivity contribution is -0.143. The van der Waals surface area contributed by atoms with Crippen LogP contribution in [-0.4, -0.2) is 54.9 Å². The molecule has 0 saturated carbocycles. The van der Waals surface area contributed by atoms with Gasteiger partial charge in [0.2, 0.25) is 0 Å². The third-order valence-electron chi connectivity index (χ3n) is 5.71. The van der Waals surface area contributed by atoms with Crippen molar-refractivity contribution in [3.05, 3.63) is 35.9 Å². The predicted octanol–water partition coefficient (Wildman–Crippen LogP) is 4.89. The molecule has 0 unspecified atom stereocenters. The van der Waals surface area contributed by atoms with Crippen molar-refractivity contribution < 1.29 is 22.7 Å². The van der Waals surface area contributed by atoms with E-state index in [-0.39, 0.29) is 12.6 Å². The first-order valence-corrected chi connectivity index (χ1v) is 10.8. The average molecular weight is 466 g/mol. The predicted molar refractivity (Wildman–Crippen MR) is 123 cm³/mol. The summed E-state index contributed by atoms with van der Waals surface area (Å²) in [4.78, 5) is 18.4. The minimum absolute atomic E-state index is 0.00160. The number of methoxy groups -OCH3 is 1. The van der Waals surface area contributed by atoms with Crippen LogP contribution in [0.4, 0.5) is 35.3 Å². The van der Waals surface area contributed by atoms with Gasteiger partial charge in [0.15, 0.2) is 0 Å². The number of nitrogens with zero attached hydrogens (tertiary/aromatic N) is 2. The number of likely N-dealkylation sites (tertiary alicyclic amines) is 1. The molecule has 0 radical (unpaired) electrons. The number of nitrogens with one attached hydrogen (secondary N) is 2. The van der Waals surface area contributed by atoms with Gasteiger partial charge in [-0.15, -0.1) is 0 Å². The van der Waals surface area contributed by atoms with Crippen molar-refractivity contribution in [2.75, 3.05) is 43.1 Å². The van der Waals surface area contributed by atoms with Gasteiger partial charge < -0.3 is 26.0 Å². The molecule has 4 N–H and O–H groups in total. The fraction of sp³-hybridized carbons (Fsp3) is 0.478. The van der Waals surface area contributed by atoms with Gasteiger partial charge in [-0.1, -0.05) is 6.07 Å². The van der Waals surface area contributed by atoms with E-state index in [1.54, 1.807) is 19.2 Å². The third-order valence-corrected chi connectivity index (χ3v) is 5.71. The number of hydrogen-bond donors (Lipinski definition) is 3. The molecule has 1 aliphatic rings. The quantitative estimate of drug-likeness (QED) is 0.541. The molecule has 1 fully saturated rings. The summed E-state index contributed by atoms with van der Waals surface area (Å²) < 4.78 is 43.2. The van der Waals surface area contributed by atoms with Crippen molar-refractivity contribution in [1.29, 1.82) is 0 Å². The number of aromatic nitrogens is 1. The zero-order valence-electron chi connectivity index (χ0n) is 19.0. The normalized spacial score (nSPS) is 17.2. The van der Waals surface area contributed by atoms with Gasteiger partial charge in [-0.2, -0.15) is 13.2 Å². The smallest absolute Gasteiger partial charge is 0.384 e. The van der Waals surface area contributed by atoms with Gasteiger partial charge in [0.05, 0.1) is 6.10 Å². The number of hydrogen-bond acceptors (Lipinski definition) is 5. The Hall–Kier alpha value is -3.01. The molecule has 2 atom stereocenters. The monoisotopic (exact) mass is 465 g/mol. The third kappa shape index (κ3) is 6.98. The molecule has 3 rings (SSSR count).